The van der Waals surface area contributed by atoms with Crippen LogP contribution in [0.5, 0.6) is 0 Å². The van der Waals surface area contributed by atoms with Crippen LogP contribution in [-0.2, 0) is 11.3 Å². The number of aliphatic carboxylic acids is 1. The van der Waals surface area contributed by atoms with Gasteiger partial charge in [-0.05, 0) is 45.9 Å². The molecule has 1 aromatic rings. The Morgan fingerprint density at radius 1 is 1.29 bits per heavy atom. The van der Waals surface area contributed by atoms with E-state index in [0.717, 1.165) is 0 Å². The second-order valence-corrected chi connectivity index (χ2v) is 6.08. The van der Waals surface area contributed by atoms with Crippen LogP contribution in [0.25, 0.3) is 0 Å². The van der Waals surface area contributed by atoms with Crippen LogP contribution in [0.3, 0.4) is 0 Å². The molecule has 0 aliphatic carbocycles. The first kappa shape index (κ1) is 17.1. The fraction of sp³-hybridized carbons (Fsp3) is 0.467. The molecule has 0 bridgehead atoms. The molecule has 0 atom stereocenters. The summed E-state index contributed by atoms with van der Waals surface area (Å²) in [5.41, 5.74) is 3.81. The zero-order valence-electron chi connectivity index (χ0n) is 12.7. The Morgan fingerprint density at radius 3 is 2.33 bits per heavy atom. The first-order valence-corrected chi connectivity index (χ1v) is 6.55. The zero-order chi connectivity index (χ0) is 16.4. The smallest absolute Gasteiger partial charge is 0.310 e. The van der Waals surface area contributed by atoms with Crippen molar-refractivity contribution < 1.29 is 19.1 Å². The fourth-order valence-electron chi connectivity index (χ4n) is 1.67. The Balaban J connectivity index is 2.95. The number of benzene rings is 1. The molecule has 0 fully saturated rings. The van der Waals surface area contributed by atoms with Crippen molar-refractivity contribution in [3.63, 3.8) is 0 Å². The molecule has 6 heteroatoms. The van der Waals surface area contributed by atoms with E-state index in [2.05, 4.69) is 5.32 Å². The van der Waals surface area contributed by atoms with E-state index in [1.165, 1.54) is 18.2 Å². The summed E-state index contributed by atoms with van der Waals surface area (Å²) in [5.74, 6) is -2.07. The van der Waals surface area contributed by atoms with E-state index in [1.54, 1.807) is 27.7 Å². The van der Waals surface area contributed by atoms with Crippen LogP contribution in [0, 0.1) is 11.2 Å². The van der Waals surface area contributed by atoms with Crippen molar-refractivity contribution in [3.8, 4) is 0 Å². The summed E-state index contributed by atoms with van der Waals surface area (Å²) in [5, 5.41) is 12.3. The molecule has 0 saturated carbocycles. The average Bonchev–Trinajstić information content (AvgIpc) is 2.37. The molecule has 0 aromatic heterocycles. The second kappa shape index (κ2) is 5.81. The highest BCUT2D eigenvalue weighted by atomic mass is 19.1. The van der Waals surface area contributed by atoms with Gasteiger partial charge in [-0.25, -0.2) is 4.39 Å². The maximum absolute atomic E-state index is 13.8. The van der Waals surface area contributed by atoms with Gasteiger partial charge < -0.3 is 16.2 Å². The van der Waals surface area contributed by atoms with E-state index in [-0.39, 0.29) is 17.7 Å². The summed E-state index contributed by atoms with van der Waals surface area (Å²) in [4.78, 5) is 22.4. The van der Waals surface area contributed by atoms with Crippen LogP contribution in [0.4, 0.5) is 4.39 Å². The number of nitrogens with one attached hydrogen (secondary N) is 1. The standard InChI is InChI=1S/C15H21FN2O3/c1-14(2,13(20)21)15(3,4)18-8-10-7-9(12(17)19)5-6-11(10)16/h5-7,18H,8H2,1-4H3,(H2,17,19)(H,20,21). The third-order valence-electron chi connectivity index (χ3n) is 4.15. The van der Waals surface area contributed by atoms with E-state index < -0.39 is 28.6 Å². The monoisotopic (exact) mass is 296 g/mol. The molecule has 0 radical (unpaired) electrons. The van der Waals surface area contributed by atoms with Crippen LogP contribution in [-0.4, -0.2) is 22.5 Å². The van der Waals surface area contributed by atoms with Gasteiger partial charge in [-0.2, -0.15) is 0 Å². The Hall–Kier alpha value is -1.95. The quantitative estimate of drug-likeness (QED) is 0.747. The minimum absolute atomic E-state index is 0.0939. The van der Waals surface area contributed by atoms with Crippen LogP contribution in [0.15, 0.2) is 18.2 Å². The Bertz CT molecular complexity index is 568. The van der Waals surface area contributed by atoms with Crippen LogP contribution in [0.1, 0.15) is 43.6 Å². The Labute approximate surface area is 123 Å². The predicted octanol–water partition coefficient (Wildman–Crippen LogP) is 1.90. The lowest BCUT2D eigenvalue weighted by Gasteiger charge is -2.39. The summed E-state index contributed by atoms with van der Waals surface area (Å²) in [6, 6.07) is 3.86. The lowest BCUT2D eigenvalue weighted by molar-refractivity contribution is -0.151. The first-order chi connectivity index (χ1) is 9.49. The molecule has 0 heterocycles. The summed E-state index contributed by atoms with van der Waals surface area (Å²) in [6.45, 7) is 6.75. The van der Waals surface area contributed by atoms with Gasteiger partial charge in [0.1, 0.15) is 5.82 Å². The molecule has 21 heavy (non-hydrogen) atoms. The van der Waals surface area contributed by atoms with Crippen molar-refractivity contribution in [1.29, 1.82) is 0 Å². The number of carbonyl (C=O) groups is 2. The van der Waals surface area contributed by atoms with E-state index in [9.17, 15) is 19.1 Å². The highest BCUT2D eigenvalue weighted by molar-refractivity contribution is 5.92. The molecular formula is C15H21FN2O3. The molecule has 5 nitrogen and oxygen atoms in total. The molecule has 1 rings (SSSR count). The number of carbonyl (C=O) groups excluding carboxylic acids is 1. The van der Waals surface area contributed by atoms with Gasteiger partial charge in [0.05, 0.1) is 5.41 Å². The Kier molecular flexibility index (Phi) is 4.73. The maximum Gasteiger partial charge on any atom is 0.310 e. The SMILES string of the molecule is CC(C)(NCc1cc(C(N)=O)ccc1F)C(C)(C)C(=O)O. The Morgan fingerprint density at radius 2 is 1.86 bits per heavy atom. The van der Waals surface area contributed by atoms with E-state index >= 15 is 0 Å². The van der Waals surface area contributed by atoms with Crippen LogP contribution in [0.2, 0.25) is 0 Å². The van der Waals surface area contributed by atoms with Crippen LogP contribution < -0.4 is 11.1 Å². The summed E-state index contributed by atoms with van der Waals surface area (Å²) >= 11 is 0. The summed E-state index contributed by atoms with van der Waals surface area (Å²) < 4.78 is 13.8. The molecule has 116 valence electrons. The third-order valence-corrected chi connectivity index (χ3v) is 4.15. The number of carboxylic acid groups (broad SMARTS) is 1. The molecule has 0 aliphatic heterocycles. The number of carboxylic acids is 1. The number of primary amides is 1. The molecule has 1 aromatic carbocycles. The highest BCUT2D eigenvalue weighted by Crippen LogP contribution is 2.31. The number of nitrogens with two attached hydrogens (primary N) is 1. The molecule has 4 N–H and O–H groups in total. The van der Waals surface area contributed by atoms with Crippen molar-refractivity contribution >= 4 is 11.9 Å². The number of hydrogen-bond acceptors (Lipinski definition) is 3. The lowest BCUT2D eigenvalue weighted by Crippen LogP contribution is -2.54. The van der Waals surface area contributed by atoms with Crippen molar-refractivity contribution in [2.45, 2.75) is 39.8 Å². The van der Waals surface area contributed by atoms with Gasteiger partial charge in [0.2, 0.25) is 5.91 Å². The van der Waals surface area contributed by atoms with Gasteiger partial charge >= 0.3 is 5.97 Å². The fourth-order valence-corrected chi connectivity index (χ4v) is 1.67. The van der Waals surface area contributed by atoms with Gasteiger partial charge in [0, 0.05) is 23.2 Å². The maximum atomic E-state index is 13.8. The number of halogens is 1. The minimum atomic E-state index is -1.05. The molecule has 0 aliphatic rings. The molecule has 0 unspecified atom stereocenters. The largest absolute Gasteiger partial charge is 0.481 e. The highest BCUT2D eigenvalue weighted by Gasteiger charge is 2.43. The molecule has 0 saturated heterocycles. The first-order valence-electron chi connectivity index (χ1n) is 6.55. The van der Waals surface area contributed by atoms with E-state index in [1.807, 2.05) is 0 Å². The molecular weight excluding hydrogens is 275 g/mol. The van der Waals surface area contributed by atoms with Gasteiger partial charge in [0.25, 0.3) is 0 Å². The van der Waals surface area contributed by atoms with Crippen LogP contribution >= 0.6 is 0 Å². The van der Waals surface area contributed by atoms with Crippen molar-refractivity contribution in [1.82, 2.24) is 5.32 Å². The van der Waals surface area contributed by atoms with Gasteiger partial charge in [-0.1, -0.05) is 0 Å². The number of rotatable bonds is 6. The van der Waals surface area contributed by atoms with E-state index in [0.29, 0.717) is 0 Å². The third kappa shape index (κ3) is 3.58. The second-order valence-electron chi connectivity index (χ2n) is 6.08. The summed E-state index contributed by atoms with van der Waals surface area (Å²) in [7, 11) is 0. The van der Waals surface area contributed by atoms with Gasteiger partial charge in [0.15, 0.2) is 0 Å². The normalized spacial score (nSPS) is 12.2. The molecule has 1 amide bonds. The van der Waals surface area contributed by atoms with Crippen molar-refractivity contribution in [3.05, 3.63) is 35.1 Å². The van der Waals surface area contributed by atoms with Crippen molar-refractivity contribution in [2.24, 2.45) is 11.1 Å². The topological polar surface area (TPSA) is 92.4 Å². The number of hydrogen-bond donors (Lipinski definition) is 3. The van der Waals surface area contributed by atoms with Crippen molar-refractivity contribution in [2.75, 3.05) is 0 Å². The lowest BCUT2D eigenvalue weighted by atomic mass is 9.74. The van der Waals surface area contributed by atoms with E-state index in [4.69, 9.17) is 5.73 Å². The zero-order valence-corrected chi connectivity index (χ0v) is 12.7. The van der Waals surface area contributed by atoms with Gasteiger partial charge in [-0.3, -0.25) is 9.59 Å². The molecule has 0 spiro atoms. The number of amides is 1. The van der Waals surface area contributed by atoms with Gasteiger partial charge in [-0.15, -0.1) is 0 Å². The minimum Gasteiger partial charge on any atom is -0.481 e. The summed E-state index contributed by atoms with van der Waals surface area (Å²) in [6.07, 6.45) is 0. The predicted molar refractivity (Wildman–Crippen MR) is 77.3 cm³/mol. The average molecular weight is 296 g/mol.